The molecule has 33 heavy (non-hydrogen) atoms. The van der Waals surface area contributed by atoms with Crippen LogP contribution in [-0.2, 0) is 38.4 Å². The molecule has 5 aliphatic rings. The number of hydrogen-bond acceptors (Lipinski definition) is 9. The Morgan fingerprint density at radius 3 is 2.58 bits per heavy atom. The van der Waals surface area contributed by atoms with Crippen molar-refractivity contribution in [1.29, 1.82) is 0 Å². The predicted molar refractivity (Wildman–Crippen MR) is 109 cm³/mol. The molecule has 0 aromatic heterocycles. The number of aliphatic hydroxyl groups is 1. The van der Waals surface area contributed by atoms with Crippen LogP contribution >= 0.6 is 0 Å². The lowest BCUT2D eigenvalue weighted by Crippen LogP contribution is -2.70. The lowest BCUT2D eigenvalue weighted by molar-refractivity contribution is -0.576. The van der Waals surface area contributed by atoms with Gasteiger partial charge in [-0.15, -0.1) is 0 Å². The number of fused-ring (bicyclic) bond motifs is 2. The van der Waals surface area contributed by atoms with Crippen LogP contribution in [0.4, 0.5) is 0 Å². The molecule has 2 bridgehead atoms. The van der Waals surface area contributed by atoms with Gasteiger partial charge in [0, 0.05) is 24.7 Å². The first kappa shape index (κ1) is 24.3. The van der Waals surface area contributed by atoms with E-state index < -0.39 is 54.5 Å². The molecule has 11 heteroatoms. The molecule has 186 valence electrons. The molecule has 0 aromatic carbocycles. The summed E-state index contributed by atoms with van der Waals surface area (Å²) in [6.45, 7) is 5.24. The zero-order chi connectivity index (χ0) is 24.0. The first-order chi connectivity index (χ1) is 15.6. The fraction of sp³-hybridized carbons (Fsp3) is 0.864. The van der Waals surface area contributed by atoms with Gasteiger partial charge in [-0.3, -0.25) is 9.59 Å². The van der Waals surface area contributed by atoms with Gasteiger partial charge in [0.05, 0.1) is 13.0 Å². The van der Waals surface area contributed by atoms with Crippen molar-refractivity contribution in [2.75, 3.05) is 6.61 Å². The maximum atomic E-state index is 12.5. The number of carbonyl (C=O) groups excluding carboxylic acids is 2. The highest BCUT2D eigenvalue weighted by Gasteiger charge is 2.69. The monoisotopic (exact) mass is 471 g/mol. The minimum Gasteiger partial charge on any atom is -0.480 e. The molecule has 5 fully saturated rings. The summed E-state index contributed by atoms with van der Waals surface area (Å²) >= 11 is 0. The van der Waals surface area contributed by atoms with Gasteiger partial charge in [0.2, 0.25) is 18.0 Å². The highest BCUT2D eigenvalue weighted by Crippen LogP contribution is 2.60. The molecule has 4 saturated heterocycles. The summed E-state index contributed by atoms with van der Waals surface area (Å²) < 4.78 is 18.0. The lowest BCUT2D eigenvalue weighted by atomic mass is 9.58. The van der Waals surface area contributed by atoms with Crippen molar-refractivity contribution in [1.82, 2.24) is 5.32 Å². The second-order valence-corrected chi connectivity index (χ2v) is 9.90. The molecule has 4 heterocycles. The van der Waals surface area contributed by atoms with E-state index >= 15 is 0 Å². The number of aliphatic hydroxyl groups excluding tert-OH is 1. The lowest BCUT2D eigenvalue weighted by Gasteiger charge is -2.59. The normalized spacial score (nSPS) is 42.5. The quantitative estimate of drug-likeness (QED) is 0.363. The van der Waals surface area contributed by atoms with Crippen molar-refractivity contribution in [3.8, 4) is 0 Å². The average Bonchev–Trinajstić information content (AvgIpc) is 3.00. The number of carboxylic acid groups (broad SMARTS) is 1. The van der Waals surface area contributed by atoms with Crippen LogP contribution in [0, 0.1) is 23.7 Å². The van der Waals surface area contributed by atoms with Gasteiger partial charge in [0.15, 0.2) is 11.9 Å². The van der Waals surface area contributed by atoms with Crippen LogP contribution in [0.25, 0.3) is 0 Å². The molecular weight excluding hydrogens is 438 g/mol. The number of rotatable bonds is 7. The van der Waals surface area contributed by atoms with E-state index in [-0.39, 0.29) is 30.6 Å². The number of carboxylic acids is 1. The Kier molecular flexibility index (Phi) is 6.71. The van der Waals surface area contributed by atoms with Gasteiger partial charge >= 0.3 is 11.9 Å². The van der Waals surface area contributed by atoms with E-state index in [1.807, 2.05) is 13.8 Å². The Labute approximate surface area is 191 Å². The molecule has 0 aromatic rings. The van der Waals surface area contributed by atoms with Gasteiger partial charge in [0.1, 0.15) is 6.04 Å². The Balaban J connectivity index is 1.41. The van der Waals surface area contributed by atoms with E-state index in [1.165, 1.54) is 0 Å². The van der Waals surface area contributed by atoms with Crippen molar-refractivity contribution in [3.63, 3.8) is 0 Å². The fourth-order valence-electron chi connectivity index (χ4n) is 5.86. The maximum Gasteiger partial charge on any atom is 0.328 e. The second kappa shape index (κ2) is 9.10. The molecule has 1 saturated carbocycles. The van der Waals surface area contributed by atoms with E-state index in [2.05, 4.69) is 12.2 Å². The van der Waals surface area contributed by atoms with E-state index in [9.17, 15) is 14.4 Å². The minimum atomic E-state index is -1.42. The molecule has 5 rings (SSSR count). The van der Waals surface area contributed by atoms with Crippen molar-refractivity contribution in [2.45, 2.75) is 89.3 Å². The molecule has 1 aliphatic carbocycles. The molecule has 3 N–H and O–H groups in total. The predicted octanol–water partition coefficient (Wildman–Crippen LogP) is 1.08. The summed E-state index contributed by atoms with van der Waals surface area (Å²) in [6.07, 6.45) is 1.31. The highest BCUT2D eigenvalue weighted by molar-refractivity contribution is 5.85. The van der Waals surface area contributed by atoms with Gasteiger partial charge < -0.3 is 29.7 Å². The number of esters is 1. The summed E-state index contributed by atoms with van der Waals surface area (Å²) in [5, 5.41) is 20.0. The number of amides is 1. The summed E-state index contributed by atoms with van der Waals surface area (Å²) in [5.41, 5.74) is -0.758. The molecule has 1 amide bonds. The zero-order valence-corrected chi connectivity index (χ0v) is 19.2. The van der Waals surface area contributed by atoms with E-state index in [4.69, 9.17) is 34.2 Å². The third-order valence-corrected chi connectivity index (χ3v) is 7.72. The first-order valence-electron chi connectivity index (χ1n) is 11.6. The van der Waals surface area contributed by atoms with E-state index in [1.54, 1.807) is 0 Å². The second-order valence-electron chi connectivity index (χ2n) is 9.90. The molecule has 11 nitrogen and oxygen atoms in total. The topological polar surface area (TPSA) is 150 Å². The third-order valence-electron chi connectivity index (χ3n) is 7.72. The van der Waals surface area contributed by atoms with Crippen LogP contribution in [0.15, 0.2) is 0 Å². The molecule has 2 unspecified atom stereocenters. The van der Waals surface area contributed by atoms with Crippen molar-refractivity contribution in [3.05, 3.63) is 0 Å². The summed E-state index contributed by atoms with van der Waals surface area (Å²) in [4.78, 5) is 47.1. The SMILES string of the molecule is C[C@H]1[C@H](OC(=O)CCC(=O)NC(CO)C(=O)O)O[C@@H]2O[C@]3(C)CC[C@H]4[C@H](C)CC[C@@H]1C24OO3. The fourth-order valence-corrected chi connectivity index (χ4v) is 5.86. The Morgan fingerprint density at radius 1 is 1.12 bits per heavy atom. The van der Waals surface area contributed by atoms with Gasteiger partial charge in [0.25, 0.3) is 0 Å². The van der Waals surface area contributed by atoms with E-state index in [0.717, 1.165) is 19.3 Å². The number of carbonyl (C=O) groups is 3. The van der Waals surface area contributed by atoms with Gasteiger partial charge in [-0.1, -0.05) is 13.8 Å². The minimum absolute atomic E-state index is 0.00192. The molecule has 9 atom stereocenters. The Morgan fingerprint density at radius 2 is 1.88 bits per heavy atom. The Hall–Kier alpha value is -1.79. The zero-order valence-electron chi connectivity index (χ0n) is 19.2. The first-order valence-corrected chi connectivity index (χ1v) is 11.6. The molecule has 0 radical (unpaired) electrons. The van der Waals surface area contributed by atoms with Gasteiger partial charge in [-0.25, -0.2) is 14.6 Å². The standard InChI is InChI=1S/C22H33NO10/c1-11-4-5-14-12(2)19(29-17(26)7-6-16(25)23-15(10-24)18(27)28)30-20-22(14)13(11)8-9-21(3,31-20)32-33-22/h11-15,19-20,24H,4-10H2,1-3H3,(H,23,25)(H,27,28)/t11-,12-,13+,14+,15?,19-,20-,21+,22?/m1/s1. The Bertz CT molecular complexity index is 791. The summed E-state index contributed by atoms with van der Waals surface area (Å²) in [6, 6.07) is -1.42. The van der Waals surface area contributed by atoms with Gasteiger partial charge in [-0.2, -0.15) is 0 Å². The number of nitrogens with one attached hydrogen (secondary N) is 1. The maximum absolute atomic E-state index is 12.5. The molecular formula is C22H33NO10. The third kappa shape index (κ3) is 4.37. The highest BCUT2D eigenvalue weighted by atomic mass is 17.3. The van der Waals surface area contributed by atoms with Gasteiger partial charge in [-0.05, 0) is 38.0 Å². The van der Waals surface area contributed by atoms with Crippen LogP contribution in [0.2, 0.25) is 0 Å². The average molecular weight is 472 g/mol. The molecule has 4 aliphatic heterocycles. The van der Waals surface area contributed by atoms with Crippen molar-refractivity contribution in [2.24, 2.45) is 23.7 Å². The van der Waals surface area contributed by atoms with Crippen LogP contribution in [0.1, 0.15) is 59.3 Å². The largest absolute Gasteiger partial charge is 0.480 e. The van der Waals surface area contributed by atoms with Crippen LogP contribution < -0.4 is 5.32 Å². The van der Waals surface area contributed by atoms with Crippen LogP contribution in [0.5, 0.6) is 0 Å². The number of aliphatic carboxylic acids is 1. The smallest absolute Gasteiger partial charge is 0.328 e. The summed E-state index contributed by atoms with van der Waals surface area (Å²) in [7, 11) is 0. The number of ether oxygens (including phenoxy) is 3. The van der Waals surface area contributed by atoms with Crippen LogP contribution in [-0.4, -0.2) is 64.7 Å². The van der Waals surface area contributed by atoms with Crippen molar-refractivity contribution >= 4 is 17.8 Å². The molecule has 1 spiro atoms. The van der Waals surface area contributed by atoms with E-state index in [0.29, 0.717) is 12.3 Å². The van der Waals surface area contributed by atoms with Crippen molar-refractivity contribution < 1.29 is 48.6 Å². The van der Waals surface area contributed by atoms with Crippen LogP contribution in [0.3, 0.4) is 0 Å². The summed E-state index contributed by atoms with van der Waals surface area (Å²) in [5.74, 6) is -3.17. The number of hydrogen-bond donors (Lipinski definition) is 3.